The Bertz CT molecular complexity index is 464. The Morgan fingerprint density at radius 2 is 2.05 bits per heavy atom. The molecule has 0 bridgehead atoms. The van der Waals surface area contributed by atoms with Crippen molar-refractivity contribution in [2.24, 2.45) is 5.92 Å². The van der Waals surface area contributed by atoms with Crippen LogP contribution in [-0.4, -0.2) is 25.3 Å². The maximum atomic E-state index is 12.0. The van der Waals surface area contributed by atoms with Crippen molar-refractivity contribution in [2.45, 2.75) is 25.7 Å². The quantitative estimate of drug-likeness (QED) is 0.827. The summed E-state index contributed by atoms with van der Waals surface area (Å²) >= 11 is 0. The molecule has 1 aliphatic rings. The smallest absolute Gasteiger partial charge is 0.223 e. The largest absolute Gasteiger partial charge is 0.497 e. The van der Waals surface area contributed by atoms with E-state index in [1.165, 1.54) is 0 Å². The second kappa shape index (κ2) is 6.36. The zero-order chi connectivity index (χ0) is 13.7. The highest BCUT2D eigenvalue weighted by Gasteiger charge is 2.22. The van der Waals surface area contributed by atoms with Crippen molar-refractivity contribution in [3.63, 3.8) is 0 Å². The number of ketones is 1. The number of carbonyl (C=O) groups is 2. The molecule has 0 aromatic heterocycles. The summed E-state index contributed by atoms with van der Waals surface area (Å²) < 4.78 is 5.07. The number of methoxy groups -OCH3 is 1. The van der Waals surface area contributed by atoms with E-state index in [-0.39, 0.29) is 24.2 Å². The fourth-order valence-electron chi connectivity index (χ4n) is 2.40. The van der Waals surface area contributed by atoms with Crippen LogP contribution in [0.5, 0.6) is 5.75 Å². The fourth-order valence-corrected chi connectivity index (χ4v) is 2.40. The first kappa shape index (κ1) is 13.6. The highest BCUT2D eigenvalue weighted by atomic mass is 16.5. The van der Waals surface area contributed by atoms with Crippen LogP contribution in [0.3, 0.4) is 0 Å². The third-order valence-electron chi connectivity index (χ3n) is 3.54. The molecule has 0 saturated heterocycles. The summed E-state index contributed by atoms with van der Waals surface area (Å²) in [5.41, 5.74) is 0.561. The van der Waals surface area contributed by atoms with Crippen LogP contribution in [0.4, 0.5) is 0 Å². The lowest BCUT2D eigenvalue weighted by Gasteiger charge is -2.10. The van der Waals surface area contributed by atoms with Crippen LogP contribution in [-0.2, 0) is 4.79 Å². The summed E-state index contributed by atoms with van der Waals surface area (Å²) in [6.45, 7) is 0.0580. The number of amides is 1. The standard InChI is InChI=1S/C15H19NO3/c1-19-13-8-4-7-12(9-13)14(17)10-16-15(18)11-5-2-3-6-11/h4,7-9,11H,2-3,5-6,10H2,1H3,(H,16,18). The first-order chi connectivity index (χ1) is 9.20. The van der Waals surface area contributed by atoms with Gasteiger partial charge in [0.05, 0.1) is 13.7 Å². The summed E-state index contributed by atoms with van der Waals surface area (Å²) in [6, 6.07) is 6.97. The predicted octanol–water partition coefficient (Wildman–Crippen LogP) is 2.18. The van der Waals surface area contributed by atoms with Gasteiger partial charge < -0.3 is 10.1 Å². The molecule has 4 heteroatoms. The van der Waals surface area contributed by atoms with Gasteiger partial charge in [0, 0.05) is 11.5 Å². The lowest BCUT2D eigenvalue weighted by Crippen LogP contribution is -2.33. The van der Waals surface area contributed by atoms with Gasteiger partial charge in [0.15, 0.2) is 5.78 Å². The highest BCUT2D eigenvalue weighted by molar-refractivity contribution is 5.99. The number of hydrogen-bond acceptors (Lipinski definition) is 3. The van der Waals surface area contributed by atoms with Gasteiger partial charge in [-0.25, -0.2) is 0 Å². The maximum absolute atomic E-state index is 12.0. The normalized spacial score (nSPS) is 15.2. The van der Waals surface area contributed by atoms with E-state index in [4.69, 9.17) is 4.74 Å². The van der Waals surface area contributed by atoms with E-state index >= 15 is 0 Å². The predicted molar refractivity (Wildman–Crippen MR) is 72.3 cm³/mol. The molecule has 1 aromatic rings. The zero-order valence-corrected chi connectivity index (χ0v) is 11.1. The molecule has 1 amide bonds. The minimum atomic E-state index is -0.0924. The van der Waals surface area contributed by atoms with Crippen LogP contribution in [0, 0.1) is 5.92 Å². The third-order valence-corrected chi connectivity index (χ3v) is 3.54. The van der Waals surface area contributed by atoms with Crippen molar-refractivity contribution in [3.05, 3.63) is 29.8 Å². The monoisotopic (exact) mass is 261 g/mol. The van der Waals surface area contributed by atoms with Gasteiger partial charge >= 0.3 is 0 Å². The summed E-state index contributed by atoms with van der Waals surface area (Å²) in [7, 11) is 1.56. The molecule has 102 valence electrons. The molecule has 19 heavy (non-hydrogen) atoms. The van der Waals surface area contributed by atoms with Gasteiger partial charge in [-0.2, -0.15) is 0 Å². The van der Waals surface area contributed by atoms with E-state index < -0.39 is 0 Å². The Hall–Kier alpha value is -1.84. The molecule has 1 aliphatic carbocycles. The molecule has 1 saturated carbocycles. The number of Topliss-reactive ketones (excluding diaryl/α,β-unsaturated/α-hetero) is 1. The van der Waals surface area contributed by atoms with Crippen molar-refractivity contribution in [2.75, 3.05) is 13.7 Å². The summed E-state index contributed by atoms with van der Waals surface area (Å²) in [6.07, 6.45) is 4.11. The van der Waals surface area contributed by atoms with Gasteiger partial charge in [0.1, 0.15) is 5.75 Å². The molecule has 4 nitrogen and oxygen atoms in total. The molecule has 0 radical (unpaired) electrons. The minimum Gasteiger partial charge on any atom is -0.497 e. The van der Waals surface area contributed by atoms with E-state index in [0.717, 1.165) is 25.7 Å². The average Bonchev–Trinajstić information content (AvgIpc) is 2.98. The Kier molecular flexibility index (Phi) is 4.55. The molecule has 2 rings (SSSR count). The van der Waals surface area contributed by atoms with Crippen LogP contribution in [0.1, 0.15) is 36.0 Å². The number of rotatable bonds is 5. The topological polar surface area (TPSA) is 55.4 Å². The molecule has 0 unspecified atom stereocenters. The van der Waals surface area contributed by atoms with Crippen molar-refractivity contribution < 1.29 is 14.3 Å². The van der Waals surface area contributed by atoms with Crippen molar-refractivity contribution in [3.8, 4) is 5.75 Å². The first-order valence-corrected chi connectivity index (χ1v) is 6.65. The van der Waals surface area contributed by atoms with Crippen molar-refractivity contribution in [1.29, 1.82) is 0 Å². The second-order valence-electron chi connectivity index (χ2n) is 4.85. The summed E-state index contributed by atoms with van der Waals surface area (Å²) in [4.78, 5) is 23.8. The molecule has 0 atom stereocenters. The SMILES string of the molecule is COc1cccc(C(=O)CNC(=O)C2CCCC2)c1. The van der Waals surface area contributed by atoms with Gasteiger partial charge in [-0.05, 0) is 25.0 Å². The van der Waals surface area contributed by atoms with E-state index in [9.17, 15) is 9.59 Å². The minimum absolute atomic E-state index is 0.00810. The zero-order valence-electron chi connectivity index (χ0n) is 11.1. The highest BCUT2D eigenvalue weighted by Crippen LogP contribution is 2.24. The molecule has 0 aliphatic heterocycles. The Labute approximate surface area is 113 Å². The third kappa shape index (κ3) is 3.56. The summed E-state index contributed by atoms with van der Waals surface area (Å²) in [5, 5.41) is 2.73. The van der Waals surface area contributed by atoms with Crippen LogP contribution < -0.4 is 10.1 Å². The van der Waals surface area contributed by atoms with Crippen molar-refractivity contribution in [1.82, 2.24) is 5.32 Å². The second-order valence-corrected chi connectivity index (χ2v) is 4.85. The Morgan fingerprint density at radius 3 is 2.74 bits per heavy atom. The molecule has 1 aromatic carbocycles. The van der Waals surface area contributed by atoms with Crippen LogP contribution in [0.2, 0.25) is 0 Å². The van der Waals surface area contributed by atoms with Gasteiger partial charge in [-0.15, -0.1) is 0 Å². The van der Waals surface area contributed by atoms with Crippen molar-refractivity contribution >= 4 is 11.7 Å². The van der Waals surface area contributed by atoms with Gasteiger partial charge in [-0.3, -0.25) is 9.59 Å². The number of benzene rings is 1. The Balaban J connectivity index is 1.88. The number of ether oxygens (including phenoxy) is 1. The fraction of sp³-hybridized carbons (Fsp3) is 0.467. The maximum Gasteiger partial charge on any atom is 0.223 e. The van der Waals surface area contributed by atoms with Crippen LogP contribution >= 0.6 is 0 Å². The number of carbonyl (C=O) groups excluding carboxylic acids is 2. The lowest BCUT2D eigenvalue weighted by atomic mass is 10.1. The molecule has 1 N–H and O–H groups in total. The number of hydrogen-bond donors (Lipinski definition) is 1. The molecule has 0 heterocycles. The van der Waals surface area contributed by atoms with Crippen LogP contribution in [0.25, 0.3) is 0 Å². The molecular formula is C15H19NO3. The molecule has 0 spiro atoms. The van der Waals surface area contributed by atoms with E-state index in [1.54, 1.807) is 31.4 Å². The average molecular weight is 261 g/mol. The molecular weight excluding hydrogens is 242 g/mol. The lowest BCUT2D eigenvalue weighted by molar-refractivity contribution is -0.124. The molecule has 1 fully saturated rings. The van der Waals surface area contributed by atoms with E-state index in [2.05, 4.69) is 5.32 Å². The van der Waals surface area contributed by atoms with Gasteiger partial charge in [0.2, 0.25) is 5.91 Å². The first-order valence-electron chi connectivity index (χ1n) is 6.65. The van der Waals surface area contributed by atoms with E-state index in [1.807, 2.05) is 0 Å². The van der Waals surface area contributed by atoms with Gasteiger partial charge in [-0.1, -0.05) is 25.0 Å². The van der Waals surface area contributed by atoms with Gasteiger partial charge in [0.25, 0.3) is 0 Å². The number of nitrogens with one attached hydrogen (secondary N) is 1. The van der Waals surface area contributed by atoms with E-state index in [0.29, 0.717) is 11.3 Å². The Morgan fingerprint density at radius 1 is 1.32 bits per heavy atom. The van der Waals surface area contributed by atoms with Crippen LogP contribution in [0.15, 0.2) is 24.3 Å². The summed E-state index contributed by atoms with van der Waals surface area (Å²) in [5.74, 6) is 0.657.